The Morgan fingerprint density at radius 2 is 2.20 bits per heavy atom. The van der Waals surface area contributed by atoms with Gasteiger partial charge in [-0.05, 0) is 12.1 Å². The molecule has 1 amide bonds. The van der Waals surface area contributed by atoms with Crippen molar-refractivity contribution in [3.8, 4) is 5.75 Å². The SMILES string of the molecule is O=C(O)C(=O)Nc1cccc2c1CCO2. The molecule has 0 atom stereocenters. The number of nitrogens with one attached hydrogen (secondary N) is 1. The molecule has 0 aliphatic carbocycles. The van der Waals surface area contributed by atoms with E-state index in [1.165, 1.54) is 0 Å². The van der Waals surface area contributed by atoms with Crippen molar-refractivity contribution in [2.75, 3.05) is 11.9 Å². The highest BCUT2D eigenvalue weighted by molar-refractivity contribution is 6.36. The van der Waals surface area contributed by atoms with Crippen molar-refractivity contribution >= 4 is 17.6 Å². The van der Waals surface area contributed by atoms with E-state index in [-0.39, 0.29) is 0 Å². The van der Waals surface area contributed by atoms with Gasteiger partial charge in [-0.3, -0.25) is 4.79 Å². The van der Waals surface area contributed by atoms with Crippen molar-refractivity contribution < 1.29 is 19.4 Å². The Labute approximate surface area is 85.7 Å². The Bertz CT molecular complexity index is 427. The summed E-state index contributed by atoms with van der Waals surface area (Å²) in [6.45, 7) is 0.565. The van der Waals surface area contributed by atoms with Crippen molar-refractivity contribution in [2.24, 2.45) is 0 Å². The van der Waals surface area contributed by atoms with Gasteiger partial charge in [-0.2, -0.15) is 0 Å². The van der Waals surface area contributed by atoms with Crippen LogP contribution in [0.3, 0.4) is 0 Å². The highest BCUT2D eigenvalue weighted by Crippen LogP contribution is 2.31. The number of carbonyl (C=O) groups is 2. The van der Waals surface area contributed by atoms with Crippen molar-refractivity contribution in [2.45, 2.75) is 6.42 Å². The van der Waals surface area contributed by atoms with E-state index in [4.69, 9.17) is 9.84 Å². The lowest BCUT2D eigenvalue weighted by molar-refractivity contribution is -0.147. The molecule has 0 saturated carbocycles. The number of carboxylic acids is 1. The van der Waals surface area contributed by atoms with E-state index in [1.807, 2.05) is 0 Å². The van der Waals surface area contributed by atoms with Gasteiger partial charge in [-0.1, -0.05) is 6.07 Å². The number of aliphatic carboxylic acids is 1. The summed E-state index contributed by atoms with van der Waals surface area (Å²) in [6, 6.07) is 5.16. The van der Waals surface area contributed by atoms with E-state index in [0.29, 0.717) is 24.5 Å². The van der Waals surface area contributed by atoms with E-state index in [0.717, 1.165) is 5.56 Å². The van der Waals surface area contributed by atoms with Crippen LogP contribution in [0.1, 0.15) is 5.56 Å². The van der Waals surface area contributed by atoms with E-state index in [2.05, 4.69) is 5.32 Å². The minimum Gasteiger partial charge on any atom is -0.493 e. The summed E-state index contributed by atoms with van der Waals surface area (Å²) in [4.78, 5) is 21.3. The van der Waals surface area contributed by atoms with Gasteiger partial charge in [0.05, 0.1) is 6.61 Å². The zero-order chi connectivity index (χ0) is 10.8. The lowest BCUT2D eigenvalue weighted by atomic mass is 10.1. The fraction of sp³-hybridized carbons (Fsp3) is 0.200. The predicted molar refractivity (Wildman–Crippen MR) is 51.9 cm³/mol. The van der Waals surface area contributed by atoms with Crippen LogP contribution in [0, 0.1) is 0 Å². The molecule has 5 nitrogen and oxygen atoms in total. The number of hydrogen-bond donors (Lipinski definition) is 2. The molecule has 2 rings (SSSR count). The number of ether oxygens (including phenoxy) is 1. The molecule has 0 saturated heterocycles. The maximum absolute atomic E-state index is 11.0. The summed E-state index contributed by atoms with van der Waals surface area (Å²) in [6.07, 6.45) is 0.686. The van der Waals surface area contributed by atoms with Gasteiger partial charge in [0, 0.05) is 17.7 Å². The molecule has 0 radical (unpaired) electrons. The van der Waals surface area contributed by atoms with Crippen LogP contribution in [0.15, 0.2) is 18.2 Å². The zero-order valence-corrected chi connectivity index (χ0v) is 7.82. The van der Waals surface area contributed by atoms with Gasteiger partial charge in [0.15, 0.2) is 0 Å². The van der Waals surface area contributed by atoms with E-state index < -0.39 is 11.9 Å². The molecule has 0 spiro atoms. The minimum absolute atomic E-state index is 0.511. The number of benzene rings is 1. The maximum Gasteiger partial charge on any atom is 0.394 e. The second-order valence-electron chi connectivity index (χ2n) is 3.14. The van der Waals surface area contributed by atoms with Crippen LogP contribution in [0.5, 0.6) is 5.75 Å². The molecule has 1 aliphatic heterocycles. The highest BCUT2D eigenvalue weighted by Gasteiger charge is 2.19. The third-order valence-corrected chi connectivity index (χ3v) is 2.19. The fourth-order valence-electron chi connectivity index (χ4n) is 1.51. The van der Waals surface area contributed by atoms with Gasteiger partial charge >= 0.3 is 11.9 Å². The molecule has 1 aliphatic rings. The van der Waals surface area contributed by atoms with Gasteiger partial charge < -0.3 is 15.2 Å². The Morgan fingerprint density at radius 3 is 2.93 bits per heavy atom. The van der Waals surface area contributed by atoms with Crippen LogP contribution in [-0.4, -0.2) is 23.6 Å². The minimum atomic E-state index is -1.49. The maximum atomic E-state index is 11.0. The number of hydrogen-bond acceptors (Lipinski definition) is 3. The van der Waals surface area contributed by atoms with E-state index in [1.54, 1.807) is 18.2 Å². The summed E-state index contributed by atoms with van der Waals surface area (Å²) in [5.41, 5.74) is 1.37. The van der Waals surface area contributed by atoms with E-state index >= 15 is 0 Å². The van der Waals surface area contributed by atoms with Crippen LogP contribution in [-0.2, 0) is 16.0 Å². The third-order valence-electron chi connectivity index (χ3n) is 2.19. The van der Waals surface area contributed by atoms with Crippen LogP contribution in [0.25, 0.3) is 0 Å². The lowest BCUT2D eigenvalue weighted by Crippen LogP contribution is -2.22. The summed E-state index contributed by atoms with van der Waals surface area (Å²) in [5, 5.41) is 10.8. The van der Waals surface area contributed by atoms with Crippen LogP contribution < -0.4 is 10.1 Å². The molecule has 5 heteroatoms. The average molecular weight is 207 g/mol. The average Bonchev–Trinajstić information content (AvgIpc) is 2.66. The molecule has 1 aromatic carbocycles. The van der Waals surface area contributed by atoms with Crippen LogP contribution in [0.2, 0.25) is 0 Å². The highest BCUT2D eigenvalue weighted by atomic mass is 16.5. The first-order valence-corrected chi connectivity index (χ1v) is 4.47. The molecule has 78 valence electrons. The van der Waals surface area contributed by atoms with E-state index in [9.17, 15) is 9.59 Å². The smallest absolute Gasteiger partial charge is 0.394 e. The number of fused-ring (bicyclic) bond motifs is 1. The summed E-state index contributed by atoms with van der Waals surface area (Å²) in [5.74, 6) is -1.82. The normalized spacial score (nSPS) is 12.8. The predicted octanol–water partition coefficient (Wildman–Crippen LogP) is 0.645. The molecule has 0 unspecified atom stereocenters. The molecule has 15 heavy (non-hydrogen) atoms. The molecule has 2 N–H and O–H groups in total. The first-order valence-electron chi connectivity index (χ1n) is 4.47. The second-order valence-corrected chi connectivity index (χ2v) is 3.14. The number of rotatable bonds is 1. The first-order chi connectivity index (χ1) is 7.18. The first kappa shape index (κ1) is 9.51. The summed E-state index contributed by atoms with van der Waals surface area (Å²) >= 11 is 0. The molecule has 1 aromatic rings. The summed E-state index contributed by atoms with van der Waals surface area (Å²) < 4.78 is 5.28. The zero-order valence-electron chi connectivity index (χ0n) is 7.82. The van der Waals surface area contributed by atoms with Gasteiger partial charge in [0.1, 0.15) is 5.75 Å². The van der Waals surface area contributed by atoms with Gasteiger partial charge in [-0.25, -0.2) is 4.79 Å². The fourth-order valence-corrected chi connectivity index (χ4v) is 1.51. The Hall–Kier alpha value is -2.04. The number of carboxylic acid groups (broad SMARTS) is 1. The van der Waals surface area contributed by atoms with Gasteiger partial charge in [0.25, 0.3) is 0 Å². The molecule has 0 fully saturated rings. The Morgan fingerprint density at radius 1 is 1.40 bits per heavy atom. The van der Waals surface area contributed by atoms with Crippen molar-refractivity contribution in [3.63, 3.8) is 0 Å². The lowest BCUT2D eigenvalue weighted by Gasteiger charge is -2.06. The molecule has 0 aromatic heterocycles. The van der Waals surface area contributed by atoms with Crippen molar-refractivity contribution in [3.05, 3.63) is 23.8 Å². The molecule has 1 heterocycles. The number of anilines is 1. The summed E-state index contributed by atoms with van der Waals surface area (Å²) in [7, 11) is 0. The van der Waals surface area contributed by atoms with Gasteiger partial charge in [0.2, 0.25) is 0 Å². The van der Waals surface area contributed by atoms with Crippen LogP contribution >= 0.6 is 0 Å². The molecular formula is C10H9NO4. The van der Waals surface area contributed by atoms with Gasteiger partial charge in [-0.15, -0.1) is 0 Å². The number of carbonyl (C=O) groups excluding carboxylic acids is 1. The Balaban J connectivity index is 2.26. The third kappa shape index (κ3) is 1.76. The molecular weight excluding hydrogens is 198 g/mol. The standard InChI is InChI=1S/C10H9NO4/c12-9(10(13)14)11-7-2-1-3-8-6(7)4-5-15-8/h1-3H,4-5H2,(H,11,12)(H,13,14). The Kier molecular flexibility index (Phi) is 2.29. The second kappa shape index (κ2) is 3.61. The van der Waals surface area contributed by atoms with Crippen LogP contribution in [0.4, 0.5) is 5.69 Å². The van der Waals surface area contributed by atoms with Crippen molar-refractivity contribution in [1.82, 2.24) is 0 Å². The topological polar surface area (TPSA) is 75.6 Å². The van der Waals surface area contributed by atoms with Crippen molar-refractivity contribution in [1.29, 1.82) is 0 Å². The quantitative estimate of drug-likeness (QED) is 0.663. The monoisotopic (exact) mass is 207 g/mol. The largest absolute Gasteiger partial charge is 0.493 e. The number of amides is 1. The molecule has 0 bridgehead atoms.